The van der Waals surface area contributed by atoms with Crippen molar-refractivity contribution in [3.63, 3.8) is 0 Å². The molecular weight excluding hydrogens is 370 g/mol. The molecule has 0 N–H and O–H groups in total. The number of hydrogen-bond acceptors (Lipinski definition) is 8. The van der Waals surface area contributed by atoms with Gasteiger partial charge in [-0.15, -0.1) is 0 Å². The molecule has 2 aromatic heterocycles. The van der Waals surface area contributed by atoms with Crippen molar-refractivity contribution in [3.05, 3.63) is 51.4 Å². The highest BCUT2D eigenvalue weighted by atomic mass is 32.1. The Morgan fingerprint density at radius 3 is 2.52 bits per heavy atom. The summed E-state index contributed by atoms with van der Waals surface area (Å²) in [4.78, 5) is 28.7. The number of aromatic nitrogens is 3. The largest absolute Gasteiger partial charge is 0.494 e. The third-order valence-electron chi connectivity index (χ3n) is 3.51. The number of aryl methyl sites for hydroxylation is 1. The van der Waals surface area contributed by atoms with E-state index in [2.05, 4.69) is 10.1 Å². The fourth-order valence-electron chi connectivity index (χ4n) is 2.25. The van der Waals surface area contributed by atoms with Crippen LogP contribution >= 0.6 is 11.3 Å². The van der Waals surface area contributed by atoms with E-state index < -0.39 is 5.97 Å². The number of ether oxygens (including phenoxy) is 3. The van der Waals surface area contributed by atoms with E-state index in [9.17, 15) is 9.59 Å². The molecule has 0 radical (unpaired) electrons. The minimum atomic E-state index is -0.551. The molecule has 8 nitrogen and oxygen atoms in total. The summed E-state index contributed by atoms with van der Waals surface area (Å²) < 4.78 is 17.1. The van der Waals surface area contributed by atoms with Gasteiger partial charge in [0.1, 0.15) is 23.1 Å². The molecule has 9 heteroatoms. The molecule has 2 heterocycles. The zero-order valence-electron chi connectivity index (χ0n) is 15.0. The first-order chi connectivity index (χ1) is 13.1. The lowest BCUT2D eigenvalue weighted by Gasteiger charge is -2.08. The van der Waals surface area contributed by atoms with Crippen molar-refractivity contribution in [2.45, 2.75) is 26.9 Å². The Labute approximate surface area is 159 Å². The molecule has 3 aromatic rings. The molecule has 0 aliphatic rings. The monoisotopic (exact) mass is 389 g/mol. The van der Waals surface area contributed by atoms with Gasteiger partial charge in [0.25, 0.3) is 5.56 Å². The first-order valence-corrected chi connectivity index (χ1v) is 9.30. The van der Waals surface area contributed by atoms with Crippen LogP contribution in [-0.4, -0.2) is 33.8 Å². The summed E-state index contributed by atoms with van der Waals surface area (Å²) in [5.74, 6) is 0.712. The molecule has 0 saturated carbocycles. The first kappa shape index (κ1) is 18.8. The number of fused-ring (bicyclic) bond motifs is 1. The van der Waals surface area contributed by atoms with E-state index >= 15 is 0 Å². The fraction of sp³-hybridized carbons (Fsp3) is 0.333. The number of hydrogen-bond donors (Lipinski definition) is 0. The molecule has 0 atom stereocenters. The van der Waals surface area contributed by atoms with E-state index in [1.165, 1.54) is 21.9 Å². The Bertz CT molecular complexity index is 981. The highest BCUT2D eigenvalue weighted by molar-refractivity contribution is 7.16. The SMILES string of the molecule is CCOc1ccc(OCC(=O)OCc2cc(=O)n3nc(CC)sc3n2)cc1. The minimum absolute atomic E-state index is 0.101. The summed E-state index contributed by atoms with van der Waals surface area (Å²) >= 11 is 1.34. The number of carbonyl (C=O) groups is 1. The quantitative estimate of drug-likeness (QED) is 0.546. The minimum Gasteiger partial charge on any atom is -0.494 e. The number of carbonyl (C=O) groups excluding carboxylic acids is 1. The molecule has 1 aromatic carbocycles. The van der Waals surface area contributed by atoms with E-state index in [0.29, 0.717) is 23.0 Å². The summed E-state index contributed by atoms with van der Waals surface area (Å²) in [5, 5.41) is 4.99. The van der Waals surface area contributed by atoms with E-state index in [1.54, 1.807) is 24.3 Å². The van der Waals surface area contributed by atoms with Crippen LogP contribution in [0.3, 0.4) is 0 Å². The van der Waals surface area contributed by atoms with Gasteiger partial charge in [0.2, 0.25) is 4.96 Å². The van der Waals surface area contributed by atoms with Gasteiger partial charge in [-0.05, 0) is 37.6 Å². The lowest BCUT2D eigenvalue weighted by Crippen LogP contribution is -2.18. The highest BCUT2D eigenvalue weighted by Gasteiger charge is 2.10. The average molecular weight is 389 g/mol. The Morgan fingerprint density at radius 2 is 1.85 bits per heavy atom. The van der Waals surface area contributed by atoms with Crippen molar-refractivity contribution >= 4 is 22.3 Å². The van der Waals surface area contributed by atoms with Gasteiger partial charge in [0.05, 0.1) is 12.3 Å². The molecule has 0 unspecified atom stereocenters. The normalized spacial score (nSPS) is 10.7. The second kappa shape index (κ2) is 8.63. The predicted molar refractivity (Wildman–Crippen MR) is 99.4 cm³/mol. The Morgan fingerprint density at radius 1 is 1.15 bits per heavy atom. The molecule has 27 heavy (non-hydrogen) atoms. The second-order valence-corrected chi connectivity index (χ2v) is 6.52. The lowest BCUT2D eigenvalue weighted by molar-refractivity contribution is -0.147. The third-order valence-corrected chi connectivity index (χ3v) is 4.57. The predicted octanol–water partition coefficient (Wildman–Crippen LogP) is 2.23. The maximum absolute atomic E-state index is 12.0. The molecule has 0 spiro atoms. The molecule has 3 rings (SSSR count). The molecule has 0 bridgehead atoms. The van der Waals surface area contributed by atoms with Crippen LogP contribution in [0.25, 0.3) is 4.96 Å². The van der Waals surface area contributed by atoms with Crippen molar-refractivity contribution in [2.75, 3.05) is 13.2 Å². The van der Waals surface area contributed by atoms with E-state index in [0.717, 1.165) is 17.2 Å². The van der Waals surface area contributed by atoms with Crippen LogP contribution in [0.2, 0.25) is 0 Å². The molecule has 142 valence electrons. The van der Waals surface area contributed by atoms with Crippen LogP contribution in [0.5, 0.6) is 11.5 Å². The van der Waals surface area contributed by atoms with Gasteiger partial charge in [-0.25, -0.2) is 9.78 Å². The Hall–Kier alpha value is -2.94. The third kappa shape index (κ3) is 4.82. The molecule has 0 aliphatic carbocycles. The van der Waals surface area contributed by atoms with Crippen molar-refractivity contribution in [1.82, 2.24) is 14.6 Å². The summed E-state index contributed by atoms with van der Waals surface area (Å²) in [6, 6.07) is 8.26. The van der Waals surface area contributed by atoms with Gasteiger partial charge < -0.3 is 14.2 Å². The van der Waals surface area contributed by atoms with Crippen LogP contribution in [0.15, 0.2) is 35.1 Å². The molecular formula is C18H19N3O5S. The number of esters is 1. The molecule has 0 aliphatic heterocycles. The topological polar surface area (TPSA) is 92.0 Å². The number of nitrogens with zero attached hydrogens (tertiary/aromatic N) is 3. The van der Waals surface area contributed by atoms with Gasteiger partial charge in [0, 0.05) is 6.07 Å². The van der Waals surface area contributed by atoms with E-state index in [1.807, 2.05) is 13.8 Å². The Balaban J connectivity index is 1.54. The van der Waals surface area contributed by atoms with Gasteiger partial charge in [-0.1, -0.05) is 18.3 Å². The zero-order valence-corrected chi connectivity index (χ0v) is 15.8. The van der Waals surface area contributed by atoms with Crippen molar-refractivity contribution in [3.8, 4) is 11.5 Å². The standard InChI is InChI=1S/C18H19N3O5S/c1-3-15-20-21-16(22)9-12(19-18(21)27-15)10-26-17(23)11-25-14-7-5-13(6-8-14)24-4-2/h5-9H,3-4,10-11H2,1-2H3. The smallest absolute Gasteiger partial charge is 0.344 e. The lowest BCUT2D eigenvalue weighted by atomic mass is 10.3. The summed E-state index contributed by atoms with van der Waals surface area (Å²) in [5.41, 5.74) is 0.0772. The first-order valence-electron chi connectivity index (χ1n) is 8.49. The van der Waals surface area contributed by atoms with Gasteiger partial charge in [0.15, 0.2) is 6.61 Å². The molecule has 0 saturated heterocycles. The van der Waals surface area contributed by atoms with Crippen LogP contribution in [-0.2, 0) is 22.6 Å². The van der Waals surface area contributed by atoms with Crippen LogP contribution < -0.4 is 15.0 Å². The van der Waals surface area contributed by atoms with Crippen molar-refractivity contribution in [1.29, 1.82) is 0 Å². The highest BCUT2D eigenvalue weighted by Crippen LogP contribution is 2.17. The summed E-state index contributed by atoms with van der Waals surface area (Å²) in [6.07, 6.45) is 0.723. The van der Waals surface area contributed by atoms with Crippen LogP contribution in [0.4, 0.5) is 0 Å². The summed E-state index contributed by atoms with van der Waals surface area (Å²) in [7, 11) is 0. The molecule has 0 amide bonds. The fourth-order valence-corrected chi connectivity index (χ4v) is 3.11. The van der Waals surface area contributed by atoms with Gasteiger partial charge >= 0.3 is 5.97 Å². The zero-order chi connectivity index (χ0) is 19.2. The van der Waals surface area contributed by atoms with Crippen LogP contribution in [0.1, 0.15) is 24.5 Å². The van der Waals surface area contributed by atoms with Gasteiger partial charge in [-0.3, -0.25) is 4.79 Å². The van der Waals surface area contributed by atoms with Crippen molar-refractivity contribution in [2.24, 2.45) is 0 Å². The van der Waals surface area contributed by atoms with E-state index in [4.69, 9.17) is 14.2 Å². The van der Waals surface area contributed by atoms with Crippen molar-refractivity contribution < 1.29 is 19.0 Å². The average Bonchev–Trinajstić information content (AvgIpc) is 3.10. The number of rotatable bonds is 8. The summed E-state index contributed by atoms with van der Waals surface area (Å²) in [6.45, 7) is 4.10. The van der Waals surface area contributed by atoms with Gasteiger partial charge in [-0.2, -0.15) is 9.61 Å². The van der Waals surface area contributed by atoms with E-state index in [-0.39, 0.29) is 18.8 Å². The van der Waals surface area contributed by atoms with Crippen LogP contribution in [0, 0.1) is 0 Å². The maximum Gasteiger partial charge on any atom is 0.344 e. The molecule has 0 fully saturated rings. The second-order valence-electron chi connectivity index (χ2n) is 5.48. The Kier molecular flexibility index (Phi) is 6.02. The number of benzene rings is 1. The maximum atomic E-state index is 12.0.